The Bertz CT molecular complexity index is 354. The summed E-state index contributed by atoms with van der Waals surface area (Å²) in [6.45, 7) is 5.10. The molecular weight excluding hydrogens is 186 g/mol. The van der Waals surface area contributed by atoms with Gasteiger partial charge < -0.3 is 4.74 Å². The van der Waals surface area contributed by atoms with Gasteiger partial charge in [0.15, 0.2) is 5.90 Å². The van der Waals surface area contributed by atoms with Crippen molar-refractivity contribution >= 4 is 5.90 Å². The third-order valence-corrected chi connectivity index (χ3v) is 2.61. The number of hydrogen-bond donors (Lipinski definition) is 0. The number of aliphatic imine (C=N–C) groups is 1. The number of hydrogen-bond acceptors (Lipinski definition) is 2. The zero-order chi connectivity index (χ0) is 10.7. The molecule has 0 aliphatic carbocycles. The van der Waals surface area contributed by atoms with Crippen molar-refractivity contribution in [2.24, 2.45) is 4.99 Å². The van der Waals surface area contributed by atoms with Crippen molar-refractivity contribution in [1.82, 2.24) is 0 Å². The Balaban J connectivity index is 2.10. The molecule has 0 N–H and O–H groups in total. The Morgan fingerprint density at radius 3 is 2.67 bits per heavy atom. The predicted molar refractivity (Wildman–Crippen MR) is 62.2 cm³/mol. The van der Waals surface area contributed by atoms with E-state index in [0.717, 1.165) is 25.3 Å². The molecule has 1 aromatic carbocycles. The van der Waals surface area contributed by atoms with Crippen LogP contribution in [0, 0.1) is 0 Å². The number of nitrogens with zero attached hydrogens (tertiary/aromatic N) is 1. The normalized spacial score (nSPS) is 19.2. The van der Waals surface area contributed by atoms with Crippen LogP contribution in [0.3, 0.4) is 0 Å². The molecule has 0 radical (unpaired) electrons. The Labute approximate surface area is 91.0 Å². The predicted octanol–water partition coefficient (Wildman–Crippen LogP) is 2.83. The van der Waals surface area contributed by atoms with Gasteiger partial charge in [0.2, 0.25) is 0 Å². The fourth-order valence-corrected chi connectivity index (χ4v) is 1.71. The van der Waals surface area contributed by atoms with Crippen LogP contribution in [0.25, 0.3) is 0 Å². The number of rotatable bonds is 2. The van der Waals surface area contributed by atoms with E-state index in [1.165, 1.54) is 5.56 Å². The molecule has 2 rings (SSSR count). The summed E-state index contributed by atoms with van der Waals surface area (Å²) in [7, 11) is 0. The van der Waals surface area contributed by atoms with Crippen molar-refractivity contribution in [3.05, 3.63) is 35.9 Å². The monoisotopic (exact) mass is 203 g/mol. The maximum atomic E-state index is 5.57. The molecule has 0 unspecified atom stereocenters. The molecule has 0 bridgehead atoms. The fraction of sp³-hybridized carbons (Fsp3) is 0.462. The first kappa shape index (κ1) is 10.2. The van der Waals surface area contributed by atoms with Crippen molar-refractivity contribution in [3.8, 4) is 0 Å². The highest BCUT2D eigenvalue weighted by atomic mass is 16.5. The minimum absolute atomic E-state index is 0.0440. The lowest BCUT2D eigenvalue weighted by atomic mass is 10.0. The first-order valence-electron chi connectivity index (χ1n) is 5.41. The molecule has 0 amide bonds. The van der Waals surface area contributed by atoms with Crippen molar-refractivity contribution in [1.29, 1.82) is 0 Å². The maximum Gasteiger partial charge on any atom is 0.188 e. The zero-order valence-corrected chi connectivity index (χ0v) is 9.36. The molecule has 1 aliphatic rings. The van der Waals surface area contributed by atoms with E-state index in [-0.39, 0.29) is 5.54 Å². The summed E-state index contributed by atoms with van der Waals surface area (Å²) in [4.78, 5) is 4.60. The molecule has 0 atom stereocenters. The van der Waals surface area contributed by atoms with Gasteiger partial charge in [0.25, 0.3) is 0 Å². The van der Waals surface area contributed by atoms with E-state index in [9.17, 15) is 0 Å². The van der Waals surface area contributed by atoms with Crippen LogP contribution in [0.5, 0.6) is 0 Å². The summed E-state index contributed by atoms with van der Waals surface area (Å²) < 4.78 is 5.57. The first-order valence-corrected chi connectivity index (χ1v) is 5.41. The lowest BCUT2D eigenvalue weighted by Gasteiger charge is -2.26. The zero-order valence-electron chi connectivity index (χ0n) is 9.36. The summed E-state index contributed by atoms with van der Waals surface area (Å²) in [6.07, 6.45) is 1.82. The third-order valence-electron chi connectivity index (χ3n) is 2.61. The first-order chi connectivity index (χ1) is 7.16. The van der Waals surface area contributed by atoms with Gasteiger partial charge in [-0.3, -0.25) is 0 Å². The molecule has 1 heterocycles. The summed E-state index contributed by atoms with van der Waals surface area (Å²) in [5.41, 5.74) is 1.30. The van der Waals surface area contributed by atoms with E-state index in [0.29, 0.717) is 0 Å². The Morgan fingerprint density at radius 2 is 2.00 bits per heavy atom. The van der Waals surface area contributed by atoms with Crippen LogP contribution in [0.4, 0.5) is 0 Å². The molecule has 2 nitrogen and oxygen atoms in total. The van der Waals surface area contributed by atoms with Crippen molar-refractivity contribution in [2.75, 3.05) is 6.61 Å². The van der Waals surface area contributed by atoms with Gasteiger partial charge in [0, 0.05) is 12.8 Å². The highest BCUT2D eigenvalue weighted by Crippen LogP contribution is 2.20. The van der Waals surface area contributed by atoms with E-state index >= 15 is 0 Å². The molecule has 0 fully saturated rings. The summed E-state index contributed by atoms with van der Waals surface area (Å²) in [5.74, 6) is 0.873. The third kappa shape index (κ3) is 2.82. The summed E-state index contributed by atoms with van der Waals surface area (Å²) in [6, 6.07) is 10.3. The second-order valence-corrected chi connectivity index (χ2v) is 4.58. The molecule has 1 aliphatic heterocycles. The minimum atomic E-state index is 0.0440. The van der Waals surface area contributed by atoms with Gasteiger partial charge in [-0.15, -0.1) is 0 Å². The smallest absolute Gasteiger partial charge is 0.188 e. The van der Waals surface area contributed by atoms with Crippen molar-refractivity contribution < 1.29 is 4.74 Å². The minimum Gasteiger partial charge on any atom is -0.481 e. The SMILES string of the molecule is CC1(C)CCOC(Cc2ccccc2)=N1. The maximum absolute atomic E-state index is 5.57. The van der Waals surface area contributed by atoms with Crippen LogP contribution >= 0.6 is 0 Å². The van der Waals surface area contributed by atoms with Gasteiger partial charge in [0.1, 0.15) is 0 Å². The largest absolute Gasteiger partial charge is 0.481 e. The number of benzene rings is 1. The molecular formula is C13H17NO. The van der Waals surface area contributed by atoms with Crippen LogP contribution in [-0.2, 0) is 11.2 Å². The van der Waals surface area contributed by atoms with Gasteiger partial charge >= 0.3 is 0 Å². The Kier molecular flexibility index (Phi) is 2.76. The van der Waals surface area contributed by atoms with Gasteiger partial charge in [0.05, 0.1) is 12.1 Å². The van der Waals surface area contributed by atoms with Gasteiger partial charge in [-0.25, -0.2) is 4.99 Å². The average molecular weight is 203 g/mol. The quantitative estimate of drug-likeness (QED) is 0.724. The molecule has 0 saturated carbocycles. The second kappa shape index (κ2) is 4.05. The molecule has 0 spiro atoms. The van der Waals surface area contributed by atoms with Crippen LogP contribution in [-0.4, -0.2) is 18.0 Å². The van der Waals surface area contributed by atoms with E-state index in [1.54, 1.807) is 0 Å². The number of ether oxygens (including phenoxy) is 1. The topological polar surface area (TPSA) is 21.6 Å². The Morgan fingerprint density at radius 1 is 1.27 bits per heavy atom. The van der Waals surface area contributed by atoms with E-state index in [4.69, 9.17) is 4.74 Å². The summed E-state index contributed by atoms with van der Waals surface area (Å²) in [5, 5.41) is 0. The van der Waals surface area contributed by atoms with E-state index in [1.807, 2.05) is 18.2 Å². The lowest BCUT2D eigenvalue weighted by Crippen LogP contribution is -2.29. The van der Waals surface area contributed by atoms with Gasteiger partial charge in [-0.1, -0.05) is 30.3 Å². The van der Waals surface area contributed by atoms with Crippen LogP contribution in [0.15, 0.2) is 35.3 Å². The van der Waals surface area contributed by atoms with Crippen molar-refractivity contribution in [2.45, 2.75) is 32.2 Å². The van der Waals surface area contributed by atoms with Gasteiger partial charge in [-0.05, 0) is 19.4 Å². The fourth-order valence-electron chi connectivity index (χ4n) is 1.71. The molecule has 1 aromatic rings. The molecule has 0 aromatic heterocycles. The standard InChI is InChI=1S/C13H17NO/c1-13(2)8-9-15-12(14-13)10-11-6-4-3-5-7-11/h3-7H,8-10H2,1-2H3. The molecule has 0 saturated heterocycles. The molecule has 15 heavy (non-hydrogen) atoms. The highest BCUT2D eigenvalue weighted by Gasteiger charge is 2.22. The van der Waals surface area contributed by atoms with E-state index in [2.05, 4.69) is 31.0 Å². The van der Waals surface area contributed by atoms with Gasteiger partial charge in [-0.2, -0.15) is 0 Å². The highest BCUT2D eigenvalue weighted by molar-refractivity contribution is 5.79. The van der Waals surface area contributed by atoms with Crippen molar-refractivity contribution in [3.63, 3.8) is 0 Å². The van der Waals surface area contributed by atoms with Crippen LogP contribution < -0.4 is 0 Å². The average Bonchev–Trinajstić information content (AvgIpc) is 2.17. The van der Waals surface area contributed by atoms with E-state index < -0.39 is 0 Å². The molecule has 80 valence electrons. The second-order valence-electron chi connectivity index (χ2n) is 4.58. The Hall–Kier alpha value is -1.31. The molecule has 2 heteroatoms. The lowest BCUT2D eigenvalue weighted by molar-refractivity contribution is 0.225. The summed E-state index contributed by atoms with van der Waals surface area (Å²) >= 11 is 0. The van der Waals surface area contributed by atoms with Crippen LogP contribution in [0.2, 0.25) is 0 Å². The van der Waals surface area contributed by atoms with Crippen LogP contribution in [0.1, 0.15) is 25.8 Å².